The largest absolute Gasteiger partial charge is 0.467 e. The number of esters is 1. The van der Waals surface area contributed by atoms with Crippen LogP contribution in [0.1, 0.15) is 19.3 Å². The molecule has 0 aromatic carbocycles. The molecule has 1 N–H and O–H groups in total. The SMILES string of the molecule is COC(=O)C1CCCCN1C(=O)Cn1[nH]c(=O)ccc1=O. The Morgan fingerprint density at radius 3 is 2.81 bits per heavy atom. The Labute approximate surface area is 120 Å². The second-order valence-electron chi connectivity index (χ2n) is 4.86. The minimum Gasteiger partial charge on any atom is -0.467 e. The van der Waals surface area contributed by atoms with Crippen LogP contribution in [0.25, 0.3) is 0 Å². The van der Waals surface area contributed by atoms with Crippen LogP contribution in [-0.4, -0.2) is 46.3 Å². The number of aromatic nitrogens is 2. The molecule has 1 fully saturated rings. The van der Waals surface area contributed by atoms with Crippen molar-refractivity contribution in [3.05, 3.63) is 32.8 Å². The van der Waals surface area contributed by atoms with Crippen LogP contribution in [0, 0.1) is 0 Å². The van der Waals surface area contributed by atoms with Crippen LogP contribution >= 0.6 is 0 Å². The van der Waals surface area contributed by atoms with E-state index in [0.29, 0.717) is 13.0 Å². The monoisotopic (exact) mass is 295 g/mol. The number of H-pyrrole nitrogens is 1. The number of aromatic amines is 1. The summed E-state index contributed by atoms with van der Waals surface area (Å²) in [5, 5.41) is 2.29. The Morgan fingerprint density at radius 1 is 1.33 bits per heavy atom. The fourth-order valence-electron chi connectivity index (χ4n) is 2.42. The van der Waals surface area contributed by atoms with Crippen molar-refractivity contribution in [1.82, 2.24) is 14.7 Å². The topological polar surface area (TPSA) is 101 Å². The van der Waals surface area contributed by atoms with Crippen molar-refractivity contribution in [3.8, 4) is 0 Å². The van der Waals surface area contributed by atoms with Gasteiger partial charge in [-0.2, -0.15) is 0 Å². The van der Waals surface area contributed by atoms with E-state index in [1.165, 1.54) is 12.0 Å². The summed E-state index contributed by atoms with van der Waals surface area (Å²) in [5.41, 5.74) is -0.944. The molecule has 1 atom stereocenters. The van der Waals surface area contributed by atoms with E-state index in [1.807, 2.05) is 0 Å². The molecule has 0 bridgehead atoms. The molecule has 0 saturated carbocycles. The van der Waals surface area contributed by atoms with Gasteiger partial charge in [-0.3, -0.25) is 19.5 Å². The Hall–Kier alpha value is -2.38. The van der Waals surface area contributed by atoms with Gasteiger partial charge in [-0.1, -0.05) is 0 Å². The lowest BCUT2D eigenvalue weighted by Gasteiger charge is -2.33. The number of piperidine rings is 1. The van der Waals surface area contributed by atoms with Crippen molar-refractivity contribution in [2.24, 2.45) is 0 Å². The number of methoxy groups -OCH3 is 1. The number of rotatable bonds is 3. The molecular weight excluding hydrogens is 278 g/mol. The molecule has 8 nitrogen and oxygen atoms in total. The average molecular weight is 295 g/mol. The standard InChI is InChI=1S/C13H17N3O5/c1-21-13(20)9-4-2-3-7-15(9)12(19)8-16-11(18)6-5-10(17)14-16/h5-6,9H,2-4,7-8H2,1H3,(H,14,17). The third-order valence-corrected chi connectivity index (χ3v) is 3.48. The number of hydrogen-bond acceptors (Lipinski definition) is 5. The molecule has 1 aliphatic heterocycles. The van der Waals surface area contributed by atoms with Crippen molar-refractivity contribution in [3.63, 3.8) is 0 Å². The first-order valence-electron chi connectivity index (χ1n) is 6.70. The highest BCUT2D eigenvalue weighted by Crippen LogP contribution is 2.18. The van der Waals surface area contributed by atoms with E-state index < -0.39 is 29.0 Å². The van der Waals surface area contributed by atoms with Gasteiger partial charge in [0, 0.05) is 18.7 Å². The third kappa shape index (κ3) is 3.39. The summed E-state index contributed by atoms with van der Waals surface area (Å²) < 4.78 is 5.64. The summed E-state index contributed by atoms with van der Waals surface area (Å²) in [5.74, 6) is -0.856. The molecule has 1 unspecified atom stereocenters. The first kappa shape index (κ1) is 15.0. The summed E-state index contributed by atoms with van der Waals surface area (Å²) in [4.78, 5) is 48.2. The molecule has 1 aromatic heterocycles. The molecule has 1 saturated heterocycles. The number of likely N-dealkylation sites (tertiary alicyclic amines) is 1. The fraction of sp³-hybridized carbons (Fsp3) is 0.538. The Kier molecular flexibility index (Phi) is 4.56. The lowest BCUT2D eigenvalue weighted by Crippen LogP contribution is -2.50. The van der Waals surface area contributed by atoms with E-state index in [4.69, 9.17) is 4.74 Å². The van der Waals surface area contributed by atoms with E-state index in [1.54, 1.807) is 0 Å². The van der Waals surface area contributed by atoms with Crippen molar-refractivity contribution >= 4 is 11.9 Å². The van der Waals surface area contributed by atoms with Crippen LogP contribution in [-0.2, 0) is 20.9 Å². The predicted octanol–water partition coefficient (Wildman–Crippen LogP) is -0.909. The van der Waals surface area contributed by atoms with Crippen molar-refractivity contribution in [1.29, 1.82) is 0 Å². The quantitative estimate of drug-likeness (QED) is 0.727. The van der Waals surface area contributed by atoms with E-state index >= 15 is 0 Å². The Balaban J connectivity index is 2.17. The third-order valence-electron chi connectivity index (χ3n) is 3.48. The lowest BCUT2D eigenvalue weighted by molar-refractivity contribution is -0.155. The number of ether oxygens (including phenoxy) is 1. The Morgan fingerprint density at radius 2 is 2.10 bits per heavy atom. The molecule has 0 radical (unpaired) electrons. The zero-order valence-electron chi connectivity index (χ0n) is 11.7. The molecule has 8 heteroatoms. The summed E-state index contributed by atoms with van der Waals surface area (Å²) >= 11 is 0. The van der Waals surface area contributed by atoms with Gasteiger partial charge in [0.25, 0.3) is 11.1 Å². The van der Waals surface area contributed by atoms with E-state index in [0.717, 1.165) is 29.7 Å². The molecule has 0 spiro atoms. The van der Waals surface area contributed by atoms with Gasteiger partial charge >= 0.3 is 5.97 Å². The number of carbonyl (C=O) groups excluding carboxylic acids is 2. The van der Waals surface area contributed by atoms with Crippen molar-refractivity contribution < 1.29 is 14.3 Å². The normalized spacial score (nSPS) is 18.3. The minimum absolute atomic E-state index is 0.303. The summed E-state index contributed by atoms with van der Waals surface area (Å²) in [6, 6.07) is 1.57. The van der Waals surface area contributed by atoms with Crippen LogP contribution < -0.4 is 11.1 Å². The number of amides is 1. The lowest BCUT2D eigenvalue weighted by atomic mass is 10.0. The van der Waals surface area contributed by atoms with Gasteiger partial charge in [0.15, 0.2) is 0 Å². The summed E-state index contributed by atoms with van der Waals surface area (Å²) in [6.45, 7) is 0.132. The molecule has 1 aromatic rings. The highest BCUT2D eigenvalue weighted by atomic mass is 16.5. The van der Waals surface area contributed by atoms with Gasteiger partial charge in [0.05, 0.1) is 7.11 Å². The highest BCUT2D eigenvalue weighted by molar-refractivity contribution is 5.84. The molecule has 0 aliphatic carbocycles. The maximum Gasteiger partial charge on any atom is 0.328 e. The number of nitrogens with one attached hydrogen (secondary N) is 1. The zero-order chi connectivity index (χ0) is 15.4. The van der Waals surface area contributed by atoms with Gasteiger partial charge in [-0.05, 0) is 19.3 Å². The van der Waals surface area contributed by atoms with Gasteiger partial charge in [0.2, 0.25) is 5.91 Å². The van der Waals surface area contributed by atoms with Gasteiger partial charge < -0.3 is 9.64 Å². The minimum atomic E-state index is -0.623. The summed E-state index contributed by atoms with van der Waals surface area (Å²) in [6.07, 6.45) is 2.17. The molecule has 114 valence electrons. The van der Waals surface area contributed by atoms with E-state index in [-0.39, 0.29) is 6.54 Å². The predicted molar refractivity (Wildman–Crippen MR) is 72.7 cm³/mol. The van der Waals surface area contributed by atoms with Crippen LogP contribution in [0.4, 0.5) is 0 Å². The maximum atomic E-state index is 12.3. The van der Waals surface area contributed by atoms with Crippen molar-refractivity contribution in [2.45, 2.75) is 31.8 Å². The van der Waals surface area contributed by atoms with Crippen molar-refractivity contribution in [2.75, 3.05) is 13.7 Å². The van der Waals surface area contributed by atoms with Crippen LogP contribution in [0.2, 0.25) is 0 Å². The molecule has 1 aliphatic rings. The highest BCUT2D eigenvalue weighted by Gasteiger charge is 2.32. The first-order valence-corrected chi connectivity index (χ1v) is 6.70. The second kappa shape index (κ2) is 6.38. The molecular formula is C13H17N3O5. The summed E-state index contributed by atoms with van der Waals surface area (Å²) in [7, 11) is 1.28. The number of carbonyl (C=O) groups is 2. The fourth-order valence-corrected chi connectivity index (χ4v) is 2.42. The zero-order valence-corrected chi connectivity index (χ0v) is 11.7. The van der Waals surface area contributed by atoms with Gasteiger partial charge in [0.1, 0.15) is 12.6 Å². The Bertz CT molecular complexity index is 648. The van der Waals surface area contributed by atoms with Gasteiger partial charge in [-0.25, -0.2) is 9.48 Å². The number of nitrogens with zero attached hydrogens (tertiary/aromatic N) is 2. The molecule has 1 amide bonds. The number of hydrogen-bond donors (Lipinski definition) is 1. The van der Waals surface area contributed by atoms with Crippen LogP contribution in [0.3, 0.4) is 0 Å². The van der Waals surface area contributed by atoms with E-state index in [2.05, 4.69) is 5.10 Å². The van der Waals surface area contributed by atoms with Crippen LogP contribution in [0.15, 0.2) is 21.7 Å². The molecule has 21 heavy (non-hydrogen) atoms. The molecule has 2 rings (SSSR count). The van der Waals surface area contributed by atoms with E-state index in [9.17, 15) is 19.2 Å². The maximum absolute atomic E-state index is 12.3. The second-order valence-corrected chi connectivity index (χ2v) is 4.86. The average Bonchev–Trinajstić information content (AvgIpc) is 2.50. The first-order chi connectivity index (χ1) is 10.0. The van der Waals surface area contributed by atoms with Crippen LogP contribution in [0.5, 0.6) is 0 Å². The molecule has 2 heterocycles. The van der Waals surface area contributed by atoms with Gasteiger partial charge in [-0.15, -0.1) is 0 Å². The smallest absolute Gasteiger partial charge is 0.328 e.